The fraction of sp³-hybridized carbons (Fsp3) is 0.190. The zero-order chi connectivity index (χ0) is 21.9. The Kier molecular flexibility index (Phi) is 4.01. The molecule has 0 unspecified atom stereocenters. The molecule has 2 atom stereocenters. The van der Waals surface area contributed by atoms with Crippen molar-refractivity contribution in [1.82, 2.24) is 15.2 Å². The maximum Gasteiger partial charge on any atom is 0.417 e. The van der Waals surface area contributed by atoms with Gasteiger partial charge in [-0.3, -0.25) is 9.78 Å². The topological polar surface area (TPSA) is 151 Å². The molecule has 2 aromatic heterocycles. The van der Waals surface area contributed by atoms with Crippen molar-refractivity contribution in [1.29, 1.82) is 5.26 Å². The van der Waals surface area contributed by atoms with E-state index in [2.05, 4.69) is 26.6 Å². The summed E-state index contributed by atoms with van der Waals surface area (Å²) in [5.74, 6) is -2.04. The second-order valence-electron chi connectivity index (χ2n) is 7.56. The molecular formula is C21H15FN6O3. The number of hydrogen-bond donors (Lipinski definition) is 3. The van der Waals surface area contributed by atoms with Gasteiger partial charge in [0.2, 0.25) is 5.91 Å². The first kappa shape index (κ1) is 18.7. The van der Waals surface area contributed by atoms with Gasteiger partial charge in [0.15, 0.2) is 17.2 Å². The lowest BCUT2D eigenvalue weighted by Crippen LogP contribution is -2.16. The van der Waals surface area contributed by atoms with Crippen LogP contribution in [-0.4, -0.2) is 21.1 Å². The number of hydrogen-bond acceptors (Lipinski definition) is 7. The molecule has 5 rings (SSSR count). The number of fused-ring (bicyclic) bond motifs is 2. The minimum absolute atomic E-state index is 0.160. The summed E-state index contributed by atoms with van der Waals surface area (Å²) in [5, 5.41) is 19.9. The summed E-state index contributed by atoms with van der Waals surface area (Å²) in [6.07, 6.45) is 0.517. The maximum atomic E-state index is 15.1. The fourth-order valence-corrected chi connectivity index (χ4v) is 3.69. The Morgan fingerprint density at radius 2 is 2.13 bits per heavy atom. The summed E-state index contributed by atoms with van der Waals surface area (Å²) in [6, 6.07) is 8.42. The van der Waals surface area contributed by atoms with Crippen LogP contribution in [0.15, 0.2) is 33.5 Å². The summed E-state index contributed by atoms with van der Waals surface area (Å²) in [5.41, 5.74) is 8.17. The van der Waals surface area contributed by atoms with E-state index >= 15 is 4.39 Å². The SMILES string of the molecule is Cc1cc2[nH]c(=O)oc2cc1-c1cc2cc(NC(=O)[C@@H]3C[C@H]3C#N)nnc2c(N)c1F. The van der Waals surface area contributed by atoms with Gasteiger partial charge < -0.3 is 15.5 Å². The van der Waals surface area contributed by atoms with Crippen LogP contribution in [0.2, 0.25) is 0 Å². The molecule has 0 aliphatic heterocycles. The zero-order valence-corrected chi connectivity index (χ0v) is 16.2. The third-order valence-corrected chi connectivity index (χ3v) is 5.45. The third kappa shape index (κ3) is 3.07. The van der Waals surface area contributed by atoms with Crippen LogP contribution in [0.25, 0.3) is 33.1 Å². The Hall–Kier alpha value is -4.26. The van der Waals surface area contributed by atoms with E-state index in [1.165, 1.54) is 0 Å². The number of benzene rings is 2. The van der Waals surface area contributed by atoms with E-state index < -0.39 is 11.6 Å². The molecule has 1 fully saturated rings. The number of oxazole rings is 1. The number of halogens is 1. The second-order valence-corrected chi connectivity index (χ2v) is 7.56. The minimum Gasteiger partial charge on any atom is -0.408 e. The molecule has 10 heteroatoms. The molecule has 31 heavy (non-hydrogen) atoms. The predicted octanol–water partition coefficient (Wildman–Crippen LogP) is 2.86. The molecule has 1 aliphatic rings. The lowest BCUT2D eigenvalue weighted by Gasteiger charge is -2.12. The van der Waals surface area contributed by atoms with Crippen molar-refractivity contribution < 1.29 is 13.6 Å². The van der Waals surface area contributed by atoms with Gasteiger partial charge in [0, 0.05) is 10.9 Å². The fourth-order valence-electron chi connectivity index (χ4n) is 3.69. The number of amides is 1. The van der Waals surface area contributed by atoms with Crippen molar-refractivity contribution in [2.75, 3.05) is 11.1 Å². The van der Waals surface area contributed by atoms with Crippen molar-refractivity contribution in [3.8, 4) is 17.2 Å². The Balaban J connectivity index is 1.60. The van der Waals surface area contributed by atoms with Gasteiger partial charge in [-0.1, -0.05) is 0 Å². The van der Waals surface area contributed by atoms with Gasteiger partial charge in [-0.05, 0) is 48.7 Å². The molecule has 0 radical (unpaired) electrons. The summed E-state index contributed by atoms with van der Waals surface area (Å²) >= 11 is 0. The van der Waals surface area contributed by atoms with Gasteiger partial charge in [0.1, 0.15) is 5.52 Å². The van der Waals surface area contributed by atoms with Crippen molar-refractivity contribution in [3.05, 3.63) is 46.2 Å². The van der Waals surface area contributed by atoms with Gasteiger partial charge in [0.25, 0.3) is 0 Å². The van der Waals surface area contributed by atoms with E-state index in [1.807, 2.05) is 0 Å². The smallest absolute Gasteiger partial charge is 0.408 e. The second kappa shape index (κ2) is 6.63. The number of H-pyrrole nitrogens is 1. The highest BCUT2D eigenvalue weighted by Crippen LogP contribution is 2.39. The van der Waals surface area contributed by atoms with E-state index in [0.29, 0.717) is 34.0 Å². The summed E-state index contributed by atoms with van der Waals surface area (Å²) < 4.78 is 20.2. The van der Waals surface area contributed by atoms with Gasteiger partial charge in [-0.25, -0.2) is 9.18 Å². The number of nitriles is 1. The number of nitrogens with two attached hydrogens (primary N) is 1. The number of carbonyl (C=O) groups is 1. The third-order valence-electron chi connectivity index (χ3n) is 5.45. The number of anilines is 2. The van der Waals surface area contributed by atoms with Gasteiger partial charge in [-0.2, -0.15) is 5.26 Å². The molecule has 0 saturated heterocycles. The average molecular weight is 418 g/mol. The van der Waals surface area contributed by atoms with E-state index in [9.17, 15) is 9.59 Å². The highest BCUT2D eigenvalue weighted by Gasteiger charge is 2.43. The van der Waals surface area contributed by atoms with Crippen LogP contribution in [0, 0.1) is 35.9 Å². The number of aromatic amines is 1. The molecule has 0 spiro atoms. The minimum atomic E-state index is -0.672. The lowest BCUT2D eigenvalue weighted by atomic mass is 9.97. The highest BCUT2D eigenvalue weighted by atomic mass is 19.1. The normalized spacial score (nSPS) is 17.6. The number of nitrogens with zero attached hydrogens (tertiary/aromatic N) is 3. The molecule has 2 aromatic carbocycles. The van der Waals surface area contributed by atoms with Crippen LogP contribution >= 0.6 is 0 Å². The highest BCUT2D eigenvalue weighted by molar-refractivity contribution is 5.99. The van der Waals surface area contributed by atoms with E-state index in [1.54, 1.807) is 31.2 Å². The van der Waals surface area contributed by atoms with E-state index in [4.69, 9.17) is 15.4 Å². The van der Waals surface area contributed by atoms with E-state index in [-0.39, 0.29) is 40.3 Å². The van der Waals surface area contributed by atoms with Crippen molar-refractivity contribution in [2.45, 2.75) is 13.3 Å². The number of aryl methyl sites for hydroxylation is 1. The Bertz CT molecular complexity index is 1500. The monoisotopic (exact) mass is 418 g/mol. The number of nitrogen functional groups attached to an aromatic ring is 1. The largest absolute Gasteiger partial charge is 0.417 e. The molecule has 154 valence electrons. The van der Waals surface area contributed by atoms with Crippen LogP contribution in [-0.2, 0) is 4.79 Å². The molecule has 2 heterocycles. The first-order chi connectivity index (χ1) is 14.9. The quantitative estimate of drug-likeness (QED) is 0.433. The van der Waals surface area contributed by atoms with Crippen molar-refractivity contribution in [3.63, 3.8) is 0 Å². The zero-order valence-electron chi connectivity index (χ0n) is 16.2. The van der Waals surface area contributed by atoms with Crippen LogP contribution in [0.4, 0.5) is 15.9 Å². The lowest BCUT2D eigenvalue weighted by molar-refractivity contribution is -0.117. The Morgan fingerprint density at radius 1 is 1.32 bits per heavy atom. The number of rotatable bonds is 3. The summed E-state index contributed by atoms with van der Waals surface area (Å²) in [4.78, 5) is 26.2. The first-order valence-corrected chi connectivity index (χ1v) is 9.45. The first-order valence-electron chi connectivity index (χ1n) is 9.45. The van der Waals surface area contributed by atoms with E-state index in [0.717, 1.165) is 0 Å². The van der Waals surface area contributed by atoms with Gasteiger partial charge in [0.05, 0.1) is 29.1 Å². The Labute approximate surface area is 173 Å². The molecule has 1 aliphatic carbocycles. The van der Waals surface area contributed by atoms with Crippen molar-refractivity contribution in [2.24, 2.45) is 11.8 Å². The standard InChI is InChI=1S/C21H15FN6O3/c1-8-2-14-15(31-21(30)25-14)6-11(8)13-3-9-5-16(26-20(29)12-4-10(12)7-23)27-28-19(9)18(24)17(13)22/h2-3,5-6,10,12H,4,24H2,1H3,(H,25,30)(H,26,27,29)/t10-,12+/m0/s1. The molecule has 4 N–H and O–H groups in total. The van der Waals surface area contributed by atoms with Crippen LogP contribution in [0.1, 0.15) is 12.0 Å². The van der Waals surface area contributed by atoms with Gasteiger partial charge >= 0.3 is 5.76 Å². The van der Waals surface area contributed by atoms with Crippen LogP contribution < -0.4 is 16.8 Å². The Morgan fingerprint density at radius 3 is 2.87 bits per heavy atom. The molecule has 1 saturated carbocycles. The molecule has 4 aromatic rings. The number of carbonyl (C=O) groups excluding carboxylic acids is 1. The summed E-state index contributed by atoms with van der Waals surface area (Å²) in [7, 11) is 0. The molecule has 1 amide bonds. The van der Waals surface area contributed by atoms with Gasteiger partial charge in [-0.15, -0.1) is 10.2 Å². The number of nitrogens with one attached hydrogen (secondary N) is 2. The number of aromatic nitrogens is 3. The molecule has 9 nitrogen and oxygen atoms in total. The van der Waals surface area contributed by atoms with Crippen LogP contribution in [0.5, 0.6) is 0 Å². The molecule has 0 bridgehead atoms. The predicted molar refractivity (Wildman–Crippen MR) is 110 cm³/mol. The maximum absolute atomic E-state index is 15.1. The summed E-state index contributed by atoms with van der Waals surface area (Å²) in [6.45, 7) is 1.78. The van der Waals surface area contributed by atoms with Crippen molar-refractivity contribution >= 4 is 39.4 Å². The van der Waals surface area contributed by atoms with Crippen LogP contribution in [0.3, 0.4) is 0 Å². The molecular weight excluding hydrogens is 403 g/mol. The average Bonchev–Trinajstić information content (AvgIpc) is 3.45.